The zero-order valence-electron chi connectivity index (χ0n) is 18.7. The molecular formula is C20H12F14N2O4. The number of hydrogen-bond acceptors (Lipinski definition) is 4. The van der Waals surface area contributed by atoms with Gasteiger partial charge in [0.15, 0.2) is 5.66 Å². The maximum atomic E-state index is 14.0. The fourth-order valence-electron chi connectivity index (χ4n) is 3.06. The second-order valence-corrected chi connectivity index (χ2v) is 8.07. The Bertz CT molecular complexity index is 1170. The highest BCUT2D eigenvalue weighted by Crippen LogP contribution is 2.49. The van der Waals surface area contributed by atoms with Crippen molar-refractivity contribution in [3.63, 3.8) is 0 Å². The number of aliphatic hydroxyl groups is 1. The lowest BCUT2D eigenvalue weighted by molar-refractivity contribution is -0.345. The summed E-state index contributed by atoms with van der Waals surface area (Å²) in [6, 6.07) is 3.71. The maximum absolute atomic E-state index is 14.0. The summed E-state index contributed by atoms with van der Waals surface area (Å²) in [5, 5.41) is 20.5. The van der Waals surface area contributed by atoms with Crippen molar-refractivity contribution in [3.05, 3.63) is 47.7 Å². The molecule has 0 aromatic heterocycles. The van der Waals surface area contributed by atoms with Crippen LogP contribution in [-0.2, 0) is 9.59 Å². The van der Waals surface area contributed by atoms with Gasteiger partial charge in [0.2, 0.25) is 0 Å². The Kier molecular flexibility index (Phi) is 7.89. The van der Waals surface area contributed by atoms with E-state index in [2.05, 4.69) is 0 Å². The van der Waals surface area contributed by atoms with Crippen LogP contribution in [-0.4, -0.2) is 63.7 Å². The monoisotopic (exact) mass is 610 g/mol. The lowest BCUT2D eigenvalue weighted by Gasteiger charge is -2.40. The minimum Gasteiger partial charge on any atom is -0.508 e. The van der Waals surface area contributed by atoms with E-state index in [9.17, 15) is 81.3 Å². The summed E-state index contributed by atoms with van der Waals surface area (Å²) >= 11 is 0. The summed E-state index contributed by atoms with van der Waals surface area (Å²) in [7, 11) is 0. The highest BCUT2D eigenvalue weighted by molar-refractivity contribution is 5.90. The Morgan fingerprint density at radius 3 is 1.38 bits per heavy atom. The number of carbonyl (C=O) groups excluding carboxylic acids is 2. The molecule has 0 unspecified atom stereocenters. The van der Waals surface area contributed by atoms with Crippen molar-refractivity contribution in [1.29, 1.82) is 0 Å². The normalized spacial score (nSPS) is 17.1. The highest BCUT2D eigenvalue weighted by atomic mass is 19.4. The van der Waals surface area contributed by atoms with Crippen LogP contribution in [0.15, 0.2) is 42.2 Å². The summed E-state index contributed by atoms with van der Waals surface area (Å²) in [6.07, 6.45) is -14.9. The molecule has 4 N–H and O–H groups in total. The van der Waals surface area contributed by atoms with Crippen molar-refractivity contribution in [3.8, 4) is 5.75 Å². The van der Waals surface area contributed by atoms with E-state index < -0.39 is 77.0 Å². The topological polar surface area (TPSA) is 98.7 Å². The third-order valence-corrected chi connectivity index (χ3v) is 5.30. The number of nitrogens with one attached hydrogen (secondary N) is 2. The molecule has 1 aliphatic carbocycles. The first-order valence-electron chi connectivity index (χ1n) is 9.94. The van der Waals surface area contributed by atoms with Gasteiger partial charge < -0.3 is 20.8 Å². The molecule has 0 fully saturated rings. The molecule has 20 heteroatoms. The molecule has 6 nitrogen and oxygen atoms in total. The van der Waals surface area contributed by atoms with E-state index in [0.29, 0.717) is 10.6 Å². The average Bonchev–Trinajstić information content (AvgIpc) is 2.79. The second-order valence-electron chi connectivity index (χ2n) is 8.07. The minimum atomic E-state index is -7.19. The first-order valence-corrected chi connectivity index (χ1v) is 9.94. The van der Waals surface area contributed by atoms with Crippen molar-refractivity contribution < 1.29 is 81.3 Å². The molecule has 1 aromatic carbocycles. The third kappa shape index (κ3) is 5.34. The number of rotatable bonds is 7. The fraction of sp³-hybridized carbons (Fsp3) is 0.400. The Hall–Kier alpha value is -3.74. The second kappa shape index (κ2) is 9.72. The number of halogens is 14. The Morgan fingerprint density at radius 1 is 0.650 bits per heavy atom. The Balaban J connectivity index is 2.66. The van der Waals surface area contributed by atoms with E-state index in [1.807, 2.05) is 0 Å². The lowest BCUT2D eigenvalue weighted by atomic mass is 9.87. The van der Waals surface area contributed by atoms with E-state index in [0.717, 1.165) is 30.3 Å². The number of alkyl halides is 14. The van der Waals surface area contributed by atoms with Crippen LogP contribution in [0.25, 0.3) is 5.57 Å². The number of benzene rings is 1. The third-order valence-electron chi connectivity index (χ3n) is 5.30. The van der Waals surface area contributed by atoms with Crippen LogP contribution < -0.4 is 10.6 Å². The molecule has 1 aromatic rings. The van der Waals surface area contributed by atoms with Gasteiger partial charge in [-0.25, -0.2) is 0 Å². The van der Waals surface area contributed by atoms with Gasteiger partial charge in [-0.2, -0.15) is 61.5 Å². The largest absolute Gasteiger partial charge is 0.508 e. The molecule has 0 heterocycles. The Labute approximate surface area is 211 Å². The van der Waals surface area contributed by atoms with Gasteiger partial charge in [-0.1, -0.05) is 18.2 Å². The number of amides is 2. The van der Waals surface area contributed by atoms with Gasteiger partial charge in [0.1, 0.15) is 11.5 Å². The van der Waals surface area contributed by atoms with Gasteiger partial charge in [-0.3, -0.25) is 9.59 Å². The zero-order chi connectivity index (χ0) is 31.3. The number of carbonyl (C=O) groups is 2. The molecule has 0 aliphatic heterocycles. The standard InChI is InChI=1S/C20H12F14N2O4/c21-15(22,17(25,26)19(29,30)31)12(39)35-14(36-13(40)16(23,24)18(27,28)20(32,33)34)7-9(3-6-11(14)38)8-1-4-10(37)5-2-8/h1-6,37-38H,7H2,(H,35,39)(H,36,40). The first kappa shape index (κ1) is 32.5. The molecule has 2 amide bonds. The predicted octanol–water partition coefficient (Wildman–Crippen LogP) is 5.22. The van der Waals surface area contributed by atoms with Crippen LogP contribution in [0.1, 0.15) is 12.0 Å². The van der Waals surface area contributed by atoms with Crippen LogP contribution in [0.2, 0.25) is 0 Å². The van der Waals surface area contributed by atoms with Gasteiger partial charge >= 0.3 is 36.0 Å². The van der Waals surface area contributed by atoms with Crippen LogP contribution in [0.3, 0.4) is 0 Å². The van der Waals surface area contributed by atoms with Crippen LogP contribution in [0.5, 0.6) is 5.75 Å². The molecule has 0 atom stereocenters. The molecule has 0 bridgehead atoms. The van der Waals surface area contributed by atoms with Gasteiger partial charge in [0.25, 0.3) is 11.8 Å². The molecule has 0 saturated carbocycles. The number of hydrogen-bond donors (Lipinski definition) is 4. The summed E-state index contributed by atoms with van der Waals surface area (Å²) in [6.45, 7) is 0. The summed E-state index contributed by atoms with van der Waals surface area (Å²) < 4.78 is 184. The van der Waals surface area contributed by atoms with E-state index in [1.54, 1.807) is 0 Å². The Morgan fingerprint density at radius 2 is 1.02 bits per heavy atom. The quantitative estimate of drug-likeness (QED) is 0.252. The molecule has 224 valence electrons. The SMILES string of the molecule is O=C(NC1(NC(=O)C(F)(F)C(F)(F)C(F)(F)F)CC(c2ccc(O)cc2)=CC=C1O)C(F)(F)C(F)(F)C(F)(F)F. The lowest BCUT2D eigenvalue weighted by Crippen LogP contribution is -2.71. The molecule has 1 aliphatic rings. The predicted molar refractivity (Wildman–Crippen MR) is 102 cm³/mol. The maximum Gasteiger partial charge on any atom is 0.460 e. The molecule has 2 rings (SSSR count). The number of aromatic hydroxyl groups is 1. The van der Waals surface area contributed by atoms with Crippen LogP contribution in [0, 0.1) is 0 Å². The van der Waals surface area contributed by atoms with E-state index in [1.165, 1.54) is 0 Å². The van der Waals surface area contributed by atoms with Gasteiger partial charge in [0, 0.05) is 6.42 Å². The molecule has 0 spiro atoms. The van der Waals surface area contributed by atoms with E-state index >= 15 is 0 Å². The molecule has 0 saturated heterocycles. The zero-order valence-corrected chi connectivity index (χ0v) is 18.7. The van der Waals surface area contributed by atoms with E-state index in [4.69, 9.17) is 0 Å². The number of phenols is 1. The average molecular weight is 610 g/mol. The molecule has 0 radical (unpaired) electrons. The fourth-order valence-corrected chi connectivity index (χ4v) is 3.06. The van der Waals surface area contributed by atoms with Gasteiger partial charge in [-0.15, -0.1) is 0 Å². The number of allylic oxidation sites excluding steroid dienone is 2. The van der Waals surface area contributed by atoms with Crippen molar-refractivity contribution in [2.75, 3.05) is 0 Å². The minimum absolute atomic E-state index is 0.214. The first-order chi connectivity index (χ1) is 17.7. The number of phenolic OH excluding ortho intramolecular Hbond substituents is 1. The van der Waals surface area contributed by atoms with Crippen molar-refractivity contribution in [2.24, 2.45) is 0 Å². The molecular weight excluding hydrogens is 598 g/mol. The van der Waals surface area contributed by atoms with Crippen LogP contribution in [0.4, 0.5) is 61.5 Å². The van der Waals surface area contributed by atoms with E-state index in [-0.39, 0.29) is 11.6 Å². The highest BCUT2D eigenvalue weighted by Gasteiger charge is 2.78. The summed E-state index contributed by atoms with van der Waals surface area (Å²) in [5.41, 5.74) is -4.64. The van der Waals surface area contributed by atoms with Crippen molar-refractivity contribution in [1.82, 2.24) is 10.6 Å². The van der Waals surface area contributed by atoms with Crippen LogP contribution >= 0.6 is 0 Å². The number of aliphatic hydroxyl groups excluding tert-OH is 1. The molecule has 40 heavy (non-hydrogen) atoms. The van der Waals surface area contributed by atoms with Crippen molar-refractivity contribution >= 4 is 17.4 Å². The van der Waals surface area contributed by atoms with Crippen molar-refractivity contribution in [2.45, 2.75) is 48.1 Å². The van der Waals surface area contributed by atoms with Gasteiger partial charge in [-0.05, 0) is 29.3 Å². The van der Waals surface area contributed by atoms with Gasteiger partial charge in [0.05, 0.1) is 0 Å². The summed E-state index contributed by atoms with van der Waals surface area (Å²) in [4.78, 5) is 23.9. The summed E-state index contributed by atoms with van der Waals surface area (Å²) in [5.74, 6) is -37.8. The smallest absolute Gasteiger partial charge is 0.460 e.